The minimum Gasteiger partial charge on any atom is -0.373 e. The lowest BCUT2D eigenvalue weighted by Crippen LogP contribution is -2.33. The number of hydrogen-bond acceptors (Lipinski definition) is 5. The zero-order valence-electron chi connectivity index (χ0n) is 17.2. The Hall–Kier alpha value is -2.84. The van der Waals surface area contributed by atoms with Gasteiger partial charge in [0.2, 0.25) is 0 Å². The Morgan fingerprint density at radius 3 is 2.20 bits per heavy atom. The molecule has 1 heterocycles. The second-order valence-electron chi connectivity index (χ2n) is 6.96. The lowest BCUT2D eigenvalue weighted by atomic mass is 10.2. The van der Waals surface area contributed by atoms with Crippen LogP contribution in [0.4, 0.5) is 11.4 Å². The van der Waals surface area contributed by atoms with E-state index in [2.05, 4.69) is 34.5 Å². The van der Waals surface area contributed by atoms with Gasteiger partial charge in [-0.1, -0.05) is 23.8 Å². The van der Waals surface area contributed by atoms with Crippen LogP contribution in [0.25, 0.3) is 0 Å². The van der Waals surface area contributed by atoms with Crippen LogP contribution in [-0.2, 0) is 10.0 Å². The highest BCUT2D eigenvalue weighted by Crippen LogP contribution is 2.25. The smallest absolute Gasteiger partial charge is 0.273 e. The Morgan fingerprint density at radius 1 is 0.967 bits per heavy atom. The Balaban J connectivity index is 1.56. The van der Waals surface area contributed by atoms with Crippen LogP contribution in [0.3, 0.4) is 0 Å². The second-order valence-corrected chi connectivity index (χ2v) is 10.1. The molecular formula is C22H25N3O3S2. The lowest BCUT2D eigenvalue weighted by Gasteiger charge is -2.20. The number of nitrogens with one attached hydrogen (secondary N) is 1. The maximum Gasteiger partial charge on any atom is 0.273 e. The van der Waals surface area contributed by atoms with Crippen molar-refractivity contribution in [1.82, 2.24) is 5.32 Å². The first-order valence-corrected chi connectivity index (χ1v) is 11.8. The van der Waals surface area contributed by atoms with Crippen molar-refractivity contribution in [2.24, 2.45) is 0 Å². The van der Waals surface area contributed by atoms with Crippen molar-refractivity contribution in [3.8, 4) is 0 Å². The van der Waals surface area contributed by atoms with Crippen LogP contribution in [-0.4, -0.2) is 41.5 Å². The third-order valence-corrected chi connectivity index (χ3v) is 7.97. The first-order chi connectivity index (χ1) is 14.3. The number of benzene rings is 2. The lowest BCUT2D eigenvalue weighted by molar-refractivity contribution is 0.0954. The average Bonchev–Trinajstić information content (AvgIpc) is 3.29. The summed E-state index contributed by atoms with van der Waals surface area (Å²) in [4.78, 5) is 14.5. The Morgan fingerprint density at radius 2 is 1.60 bits per heavy atom. The summed E-state index contributed by atoms with van der Waals surface area (Å²) in [5.41, 5.74) is 3.28. The summed E-state index contributed by atoms with van der Waals surface area (Å²) < 4.78 is 26.7. The molecule has 0 radical (unpaired) electrons. The maximum atomic E-state index is 12.6. The molecule has 3 aromatic rings. The van der Waals surface area contributed by atoms with Gasteiger partial charge in [-0.05, 0) is 54.8 Å². The van der Waals surface area contributed by atoms with E-state index in [0.29, 0.717) is 24.3 Å². The zero-order chi connectivity index (χ0) is 21.7. The van der Waals surface area contributed by atoms with Crippen LogP contribution in [0.1, 0.15) is 15.9 Å². The molecule has 0 aliphatic rings. The van der Waals surface area contributed by atoms with Crippen LogP contribution < -0.4 is 14.5 Å². The van der Waals surface area contributed by atoms with E-state index in [-0.39, 0.29) is 10.1 Å². The summed E-state index contributed by atoms with van der Waals surface area (Å²) in [7, 11) is -0.102. The quantitative estimate of drug-likeness (QED) is 0.576. The standard InChI is InChI=1S/C22H25N3O3S2/c1-17-6-10-19(11-7-17)24(2)15-14-23-22(26)18-8-12-20(13-9-18)25(3)30(27,28)21-5-4-16-29-21/h4-13,16H,14-15H2,1-3H3,(H,23,26). The Kier molecular flexibility index (Phi) is 6.79. The molecule has 0 fully saturated rings. The molecule has 3 rings (SSSR count). The van der Waals surface area contributed by atoms with Crippen molar-refractivity contribution >= 4 is 38.6 Å². The van der Waals surface area contributed by atoms with E-state index in [4.69, 9.17) is 0 Å². The number of thiophene rings is 1. The van der Waals surface area contributed by atoms with E-state index in [0.717, 1.165) is 5.69 Å². The highest BCUT2D eigenvalue weighted by atomic mass is 32.2. The van der Waals surface area contributed by atoms with E-state index in [1.165, 1.54) is 28.3 Å². The molecule has 158 valence electrons. The van der Waals surface area contributed by atoms with E-state index < -0.39 is 10.0 Å². The minimum atomic E-state index is -3.59. The molecule has 1 aromatic heterocycles. The second kappa shape index (κ2) is 9.32. The van der Waals surface area contributed by atoms with Crippen molar-refractivity contribution in [3.63, 3.8) is 0 Å². The molecule has 2 aromatic carbocycles. The molecule has 0 saturated carbocycles. The van der Waals surface area contributed by atoms with Gasteiger partial charge in [-0.15, -0.1) is 11.3 Å². The average molecular weight is 444 g/mol. The monoisotopic (exact) mass is 443 g/mol. The molecular weight excluding hydrogens is 418 g/mol. The maximum absolute atomic E-state index is 12.6. The number of aryl methyl sites for hydroxylation is 1. The van der Waals surface area contributed by atoms with E-state index in [1.54, 1.807) is 41.8 Å². The SMILES string of the molecule is Cc1ccc(N(C)CCNC(=O)c2ccc(N(C)S(=O)(=O)c3cccs3)cc2)cc1. The van der Waals surface area contributed by atoms with Crippen molar-refractivity contribution in [2.75, 3.05) is 36.4 Å². The summed E-state index contributed by atoms with van der Waals surface area (Å²) >= 11 is 1.17. The van der Waals surface area contributed by atoms with Gasteiger partial charge in [-0.3, -0.25) is 9.10 Å². The van der Waals surface area contributed by atoms with Gasteiger partial charge < -0.3 is 10.2 Å². The highest BCUT2D eigenvalue weighted by Gasteiger charge is 2.22. The number of sulfonamides is 1. The molecule has 30 heavy (non-hydrogen) atoms. The fraction of sp³-hybridized carbons (Fsp3) is 0.227. The highest BCUT2D eigenvalue weighted by molar-refractivity contribution is 7.94. The number of anilines is 2. The summed E-state index contributed by atoms with van der Waals surface area (Å²) in [5, 5.41) is 4.63. The number of amides is 1. The van der Waals surface area contributed by atoms with Gasteiger partial charge in [0.1, 0.15) is 4.21 Å². The van der Waals surface area contributed by atoms with Gasteiger partial charge in [0, 0.05) is 38.4 Å². The Labute approximate surface area is 181 Å². The Bertz CT molecular complexity index is 1080. The molecule has 0 atom stereocenters. The van der Waals surface area contributed by atoms with Gasteiger partial charge in [-0.25, -0.2) is 8.42 Å². The number of carbonyl (C=O) groups excluding carboxylic acids is 1. The van der Waals surface area contributed by atoms with E-state index in [9.17, 15) is 13.2 Å². The van der Waals surface area contributed by atoms with Crippen LogP contribution in [0, 0.1) is 6.92 Å². The number of carbonyl (C=O) groups is 1. The van der Waals surface area contributed by atoms with Crippen molar-refractivity contribution in [2.45, 2.75) is 11.1 Å². The van der Waals surface area contributed by atoms with Gasteiger partial charge in [0.05, 0.1) is 5.69 Å². The summed E-state index contributed by atoms with van der Waals surface area (Å²) in [5.74, 6) is -0.192. The molecule has 8 heteroatoms. The fourth-order valence-corrected chi connectivity index (χ4v) is 5.23. The van der Waals surface area contributed by atoms with Gasteiger partial charge in [0.25, 0.3) is 15.9 Å². The largest absolute Gasteiger partial charge is 0.373 e. The molecule has 1 N–H and O–H groups in total. The van der Waals surface area contributed by atoms with Gasteiger partial charge in [-0.2, -0.15) is 0 Å². The fourth-order valence-electron chi connectivity index (χ4n) is 2.87. The molecule has 0 saturated heterocycles. The molecule has 1 amide bonds. The first-order valence-electron chi connectivity index (χ1n) is 9.47. The van der Waals surface area contributed by atoms with E-state index in [1.807, 2.05) is 14.0 Å². The summed E-state index contributed by atoms with van der Waals surface area (Å²) in [6.07, 6.45) is 0. The minimum absolute atomic E-state index is 0.192. The summed E-state index contributed by atoms with van der Waals surface area (Å²) in [6.45, 7) is 3.22. The van der Waals surface area contributed by atoms with Crippen molar-refractivity contribution in [3.05, 3.63) is 77.2 Å². The number of hydrogen-bond donors (Lipinski definition) is 1. The molecule has 0 aliphatic carbocycles. The number of likely N-dealkylation sites (N-methyl/N-ethyl adjacent to an activating group) is 1. The van der Waals surface area contributed by atoms with Gasteiger partial charge >= 0.3 is 0 Å². The van der Waals surface area contributed by atoms with Gasteiger partial charge in [0.15, 0.2) is 0 Å². The third kappa shape index (κ3) is 5.01. The molecule has 0 aliphatic heterocycles. The van der Waals surface area contributed by atoms with Crippen LogP contribution in [0.2, 0.25) is 0 Å². The normalized spacial score (nSPS) is 11.2. The molecule has 0 spiro atoms. The predicted molar refractivity (Wildman–Crippen MR) is 123 cm³/mol. The number of rotatable bonds is 8. The van der Waals surface area contributed by atoms with E-state index >= 15 is 0 Å². The first kappa shape index (κ1) is 21.9. The molecule has 0 unspecified atom stereocenters. The topological polar surface area (TPSA) is 69.7 Å². The predicted octanol–water partition coefficient (Wildman–Crippen LogP) is 3.75. The van der Waals surface area contributed by atoms with Crippen molar-refractivity contribution in [1.29, 1.82) is 0 Å². The number of nitrogens with zero attached hydrogens (tertiary/aromatic N) is 2. The third-order valence-electron chi connectivity index (χ3n) is 4.81. The molecule has 6 nitrogen and oxygen atoms in total. The van der Waals surface area contributed by atoms with Crippen LogP contribution in [0.5, 0.6) is 0 Å². The van der Waals surface area contributed by atoms with Crippen molar-refractivity contribution < 1.29 is 13.2 Å². The van der Waals surface area contributed by atoms with Crippen LogP contribution >= 0.6 is 11.3 Å². The zero-order valence-corrected chi connectivity index (χ0v) is 18.8. The molecule has 0 bridgehead atoms. The summed E-state index contributed by atoms with van der Waals surface area (Å²) in [6, 6.07) is 18.0. The van der Waals surface area contributed by atoms with Crippen LogP contribution in [0.15, 0.2) is 70.3 Å².